The summed E-state index contributed by atoms with van der Waals surface area (Å²) in [6, 6.07) is 31.5. The molecule has 0 spiro atoms. The fraction of sp³-hybridized carbons (Fsp3) is 0.178. The van der Waals surface area contributed by atoms with Gasteiger partial charge in [-0.1, -0.05) is 105 Å². The molecule has 240 valence electrons. The maximum atomic E-state index is 8.91. The molecule has 0 fully saturated rings. The first-order valence-corrected chi connectivity index (χ1v) is 17.0. The molecular formula is C45H38N2OS. The largest absolute Gasteiger partial charge is 0.456 e. The fourth-order valence-electron chi connectivity index (χ4n) is 7.38. The van der Waals surface area contributed by atoms with Gasteiger partial charge in [-0.25, -0.2) is 4.98 Å². The summed E-state index contributed by atoms with van der Waals surface area (Å²) >= 11 is 1.39. The standard InChI is InChI=1S/C45H38N2OS/c1-7-29-21-23-38-43(49-44-46-36-13-9-10-14-37(36)47(38)44)41(29)31-20-17-27(3)33(25-31)32-24-30(19-16-26(32)2)40-28(4)18-22-35-42(40)48-39-15-11-8-12-34(39)45(35,5)6/h8-25H,7H2,1-6H3/i2D3,3D3,4D3,7D2. The maximum absolute atomic E-state index is 8.91. The van der Waals surface area contributed by atoms with Crippen molar-refractivity contribution in [3.63, 3.8) is 0 Å². The minimum Gasteiger partial charge on any atom is -0.456 e. The number of para-hydroxylation sites is 3. The number of benzene rings is 6. The lowest BCUT2D eigenvalue weighted by Gasteiger charge is -2.36. The van der Waals surface area contributed by atoms with E-state index < -0.39 is 32.3 Å². The molecule has 0 radical (unpaired) electrons. The first-order valence-electron chi connectivity index (χ1n) is 21.6. The zero-order valence-corrected chi connectivity index (χ0v) is 27.9. The molecule has 0 saturated heterocycles. The molecule has 4 heteroatoms. The van der Waals surface area contributed by atoms with Gasteiger partial charge < -0.3 is 4.74 Å². The third-order valence-electron chi connectivity index (χ3n) is 9.88. The third kappa shape index (κ3) is 4.43. The van der Waals surface area contributed by atoms with Crippen molar-refractivity contribution in [2.24, 2.45) is 0 Å². The summed E-state index contributed by atoms with van der Waals surface area (Å²) in [5.41, 5.74) is 5.38. The Bertz CT molecular complexity index is 3060. The molecule has 3 heterocycles. The van der Waals surface area contributed by atoms with Crippen molar-refractivity contribution >= 4 is 37.5 Å². The quantitative estimate of drug-likeness (QED) is 0.187. The van der Waals surface area contributed by atoms with E-state index in [9.17, 15) is 0 Å². The Morgan fingerprint density at radius 3 is 2.18 bits per heavy atom. The van der Waals surface area contributed by atoms with Crippen LogP contribution in [0.25, 0.3) is 59.6 Å². The third-order valence-corrected chi connectivity index (χ3v) is 11.0. The van der Waals surface area contributed by atoms with Gasteiger partial charge in [0.1, 0.15) is 11.5 Å². The molecule has 2 aromatic heterocycles. The minimum atomic E-state index is -2.72. The number of rotatable bonds is 4. The van der Waals surface area contributed by atoms with Crippen molar-refractivity contribution in [3.05, 3.63) is 143 Å². The van der Waals surface area contributed by atoms with E-state index in [-0.39, 0.29) is 33.4 Å². The van der Waals surface area contributed by atoms with Crippen LogP contribution in [0.5, 0.6) is 11.5 Å². The van der Waals surface area contributed by atoms with Gasteiger partial charge in [-0.05, 0) is 108 Å². The summed E-state index contributed by atoms with van der Waals surface area (Å²) in [7, 11) is 0. The normalized spacial score (nSPS) is 17.9. The van der Waals surface area contributed by atoms with Gasteiger partial charge in [-0.3, -0.25) is 4.40 Å². The van der Waals surface area contributed by atoms with E-state index in [2.05, 4.69) is 0 Å². The molecule has 0 bridgehead atoms. The number of aromatic nitrogens is 2. The molecule has 8 aromatic rings. The molecule has 9 rings (SSSR count). The lowest BCUT2D eigenvalue weighted by Crippen LogP contribution is -2.24. The molecule has 0 aliphatic carbocycles. The number of imidazole rings is 1. The number of thiazole rings is 1. The van der Waals surface area contributed by atoms with Crippen LogP contribution in [0, 0.1) is 20.6 Å². The summed E-state index contributed by atoms with van der Waals surface area (Å²) < 4.78 is 105. The highest BCUT2D eigenvalue weighted by Gasteiger charge is 2.36. The Labute approximate surface area is 306 Å². The Hall–Kier alpha value is -5.19. The summed E-state index contributed by atoms with van der Waals surface area (Å²) in [6.45, 7) is -2.51. The second-order valence-corrected chi connectivity index (χ2v) is 14.0. The molecule has 3 nitrogen and oxygen atoms in total. The summed E-state index contributed by atoms with van der Waals surface area (Å²) in [6.07, 6.45) is -1.84. The van der Waals surface area contributed by atoms with Crippen LogP contribution < -0.4 is 4.74 Å². The monoisotopic (exact) mass is 665 g/mol. The van der Waals surface area contributed by atoms with Crippen molar-refractivity contribution in [2.45, 2.75) is 53.1 Å². The summed E-state index contributed by atoms with van der Waals surface area (Å²) in [5, 5.41) is 0. The van der Waals surface area contributed by atoms with Crippen LogP contribution in [0.3, 0.4) is 0 Å². The van der Waals surface area contributed by atoms with Gasteiger partial charge >= 0.3 is 0 Å². The van der Waals surface area contributed by atoms with Gasteiger partial charge in [0.25, 0.3) is 0 Å². The van der Waals surface area contributed by atoms with Gasteiger partial charge in [0.2, 0.25) is 0 Å². The highest BCUT2D eigenvalue weighted by molar-refractivity contribution is 7.24. The number of hydrogen-bond donors (Lipinski definition) is 0. The summed E-state index contributed by atoms with van der Waals surface area (Å²) in [5.74, 6) is 0.881. The van der Waals surface area contributed by atoms with Crippen LogP contribution in [0.15, 0.2) is 109 Å². The second kappa shape index (κ2) is 10.9. The van der Waals surface area contributed by atoms with E-state index >= 15 is 0 Å². The number of fused-ring (bicyclic) bond motifs is 7. The molecular weight excluding hydrogens is 617 g/mol. The Balaban J connectivity index is 1.35. The van der Waals surface area contributed by atoms with Crippen molar-refractivity contribution in [2.75, 3.05) is 0 Å². The van der Waals surface area contributed by atoms with Crippen molar-refractivity contribution < 1.29 is 19.8 Å². The van der Waals surface area contributed by atoms with Gasteiger partial charge in [0.05, 0.1) is 21.3 Å². The molecule has 0 amide bonds. The predicted molar refractivity (Wildman–Crippen MR) is 207 cm³/mol. The average molecular weight is 666 g/mol. The maximum Gasteiger partial charge on any atom is 0.195 e. The molecule has 0 unspecified atom stereocenters. The topological polar surface area (TPSA) is 26.5 Å². The minimum absolute atomic E-state index is 0.00876. The molecule has 1 aliphatic rings. The highest BCUT2D eigenvalue weighted by atomic mass is 32.1. The van der Waals surface area contributed by atoms with Gasteiger partial charge in [0.15, 0.2) is 4.96 Å². The van der Waals surface area contributed by atoms with E-state index in [4.69, 9.17) is 24.8 Å². The van der Waals surface area contributed by atoms with Crippen LogP contribution >= 0.6 is 11.3 Å². The lowest BCUT2D eigenvalue weighted by atomic mass is 9.74. The van der Waals surface area contributed by atoms with Crippen molar-refractivity contribution in [1.82, 2.24) is 9.38 Å². The predicted octanol–water partition coefficient (Wildman–Crippen LogP) is 12.6. The molecule has 0 N–H and O–H groups in total. The van der Waals surface area contributed by atoms with E-state index in [1.807, 2.05) is 72.8 Å². The Kier molecular flexibility index (Phi) is 4.53. The zero-order valence-electron chi connectivity index (χ0n) is 38.1. The summed E-state index contributed by atoms with van der Waals surface area (Å²) in [4.78, 5) is 5.54. The van der Waals surface area contributed by atoms with Crippen LogP contribution in [0.1, 0.15) is 69.2 Å². The van der Waals surface area contributed by atoms with E-state index in [0.29, 0.717) is 38.7 Å². The molecule has 1 aliphatic heterocycles. The van der Waals surface area contributed by atoms with Crippen LogP contribution in [-0.2, 0) is 11.8 Å². The first kappa shape index (κ1) is 20.4. The van der Waals surface area contributed by atoms with E-state index in [0.717, 1.165) is 32.4 Å². The van der Waals surface area contributed by atoms with Gasteiger partial charge in [-0.15, -0.1) is 0 Å². The zero-order chi connectivity index (χ0) is 42.9. The van der Waals surface area contributed by atoms with Crippen molar-refractivity contribution in [3.8, 4) is 44.9 Å². The van der Waals surface area contributed by atoms with Crippen LogP contribution in [0.2, 0.25) is 0 Å². The fourth-order valence-corrected chi connectivity index (χ4v) is 8.59. The number of ether oxygens (including phenoxy) is 1. The Morgan fingerprint density at radius 2 is 1.43 bits per heavy atom. The molecule has 0 saturated carbocycles. The smallest absolute Gasteiger partial charge is 0.195 e. The number of aryl methyl sites for hydroxylation is 4. The molecule has 0 atom stereocenters. The SMILES string of the molecule is [2H]C([2H])([2H])c1ccc(-c2c(C([2H])([2H])[2H])ccc3c2Oc2ccccc2C3(C)C)cc1-c1cc(-c2c(C([2H])([2H])C)ccc3c2sc2nc4ccccc4n23)ccc1C([2H])([2H])[2H]. The number of hydrogen-bond acceptors (Lipinski definition) is 3. The number of nitrogens with zero attached hydrogens (tertiary/aromatic N) is 2. The molecule has 6 aromatic carbocycles. The van der Waals surface area contributed by atoms with Gasteiger partial charge in [-0.2, -0.15) is 0 Å². The van der Waals surface area contributed by atoms with Crippen LogP contribution in [0.4, 0.5) is 0 Å². The van der Waals surface area contributed by atoms with Crippen LogP contribution in [-0.4, -0.2) is 9.38 Å². The Morgan fingerprint density at radius 1 is 0.735 bits per heavy atom. The molecule has 49 heavy (non-hydrogen) atoms. The highest BCUT2D eigenvalue weighted by Crippen LogP contribution is 2.52. The first-order chi connectivity index (χ1) is 28.0. The second-order valence-electron chi connectivity index (χ2n) is 13.0. The van der Waals surface area contributed by atoms with Gasteiger partial charge in [0, 0.05) is 42.7 Å². The average Bonchev–Trinajstić information content (AvgIpc) is 3.71. The van der Waals surface area contributed by atoms with E-state index in [1.54, 1.807) is 42.5 Å². The van der Waals surface area contributed by atoms with E-state index in [1.165, 1.54) is 30.4 Å². The lowest BCUT2D eigenvalue weighted by molar-refractivity contribution is 0.419. The van der Waals surface area contributed by atoms with Crippen molar-refractivity contribution in [1.29, 1.82) is 0 Å².